The highest BCUT2D eigenvalue weighted by Crippen LogP contribution is 2.14. The van der Waals surface area contributed by atoms with Crippen molar-refractivity contribution < 1.29 is 9.59 Å². The maximum atomic E-state index is 12.0. The van der Waals surface area contributed by atoms with Crippen molar-refractivity contribution in [3.8, 4) is 0 Å². The van der Waals surface area contributed by atoms with Crippen LogP contribution < -0.4 is 5.32 Å². The molecule has 6 heteroatoms. The fraction of sp³-hybridized carbons (Fsp3) is 0.308. The molecule has 0 aliphatic carbocycles. The first-order valence-electron chi connectivity index (χ1n) is 6.08. The van der Waals surface area contributed by atoms with E-state index in [1.165, 1.54) is 0 Å². The number of carbonyl (C=O) groups is 2. The number of amides is 2. The van der Waals surface area contributed by atoms with E-state index in [2.05, 4.69) is 15.5 Å². The van der Waals surface area contributed by atoms with E-state index in [9.17, 15) is 9.59 Å². The summed E-state index contributed by atoms with van der Waals surface area (Å²) in [4.78, 5) is 25.1. The zero-order valence-electron chi connectivity index (χ0n) is 10.9. The van der Waals surface area contributed by atoms with Crippen molar-refractivity contribution >= 4 is 22.7 Å². The summed E-state index contributed by atoms with van der Waals surface area (Å²) in [7, 11) is 1.69. The highest BCUT2D eigenvalue weighted by molar-refractivity contribution is 6.05. The number of hydrogen-bond acceptors (Lipinski definition) is 3. The first-order valence-corrected chi connectivity index (χ1v) is 6.08. The van der Waals surface area contributed by atoms with Crippen molar-refractivity contribution in [3.63, 3.8) is 0 Å². The van der Waals surface area contributed by atoms with Crippen LogP contribution in [0.3, 0.4) is 0 Å². The quantitative estimate of drug-likeness (QED) is 0.852. The predicted molar refractivity (Wildman–Crippen MR) is 71.7 cm³/mol. The lowest BCUT2D eigenvalue weighted by Gasteiger charge is -2.14. The molecule has 0 atom stereocenters. The number of benzene rings is 1. The number of fused-ring (bicyclic) bond motifs is 1. The van der Waals surface area contributed by atoms with E-state index in [0.29, 0.717) is 12.2 Å². The molecule has 0 spiro atoms. The third-order valence-corrected chi connectivity index (χ3v) is 2.99. The topological polar surface area (TPSA) is 78.1 Å². The average molecular weight is 260 g/mol. The number of nitrogens with zero attached hydrogens (tertiary/aromatic N) is 2. The highest BCUT2D eigenvalue weighted by Gasteiger charge is 2.15. The van der Waals surface area contributed by atoms with Gasteiger partial charge in [-0.15, -0.1) is 0 Å². The largest absolute Gasteiger partial charge is 0.345 e. The second-order valence-electron chi connectivity index (χ2n) is 4.21. The second kappa shape index (κ2) is 5.51. The molecule has 0 bridgehead atoms. The summed E-state index contributed by atoms with van der Waals surface area (Å²) in [6.45, 7) is 2.46. The summed E-state index contributed by atoms with van der Waals surface area (Å²) in [5, 5.41) is 10.1. The second-order valence-corrected chi connectivity index (χ2v) is 4.21. The number of para-hydroxylation sites is 1. The van der Waals surface area contributed by atoms with E-state index < -0.39 is 0 Å². The van der Waals surface area contributed by atoms with Gasteiger partial charge in [0.25, 0.3) is 5.91 Å². The monoisotopic (exact) mass is 260 g/mol. The van der Waals surface area contributed by atoms with E-state index in [4.69, 9.17) is 0 Å². The minimum absolute atomic E-state index is 0.0235. The normalized spacial score (nSPS) is 10.4. The Morgan fingerprint density at radius 1 is 1.37 bits per heavy atom. The van der Waals surface area contributed by atoms with Gasteiger partial charge in [-0.3, -0.25) is 14.7 Å². The van der Waals surface area contributed by atoms with E-state index in [1.807, 2.05) is 31.2 Å². The molecule has 1 aromatic heterocycles. The van der Waals surface area contributed by atoms with Crippen LogP contribution in [0.1, 0.15) is 17.4 Å². The van der Waals surface area contributed by atoms with Crippen LogP contribution in [-0.2, 0) is 4.79 Å². The Morgan fingerprint density at radius 3 is 2.84 bits per heavy atom. The lowest BCUT2D eigenvalue weighted by atomic mass is 10.2. The summed E-state index contributed by atoms with van der Waals surface area (Å²) in [5.74, 6) is -0.481. The van der Waals surface area contributed by atoms with Crippen LogP contribution in [0, 0.1) is 0 Å². The van der Waals surface area contributed by atoms with Gasteiger partial charge in [0.2, 0.25) is 5.91 Å². The van der Waals surface area contributed by atoms with Gasteiger partial charge in [0.15, 0.2) is 5.69 Å². The Bertz CT molecular complexity index is 605. The molecule has 2 N–H and O–H groups in total. The number of aromatic amines is 1. The molecule has 1 heterocycles. The fourth-order valence-corrected chi connectivity index (χ4v) is 1.69. The summed E-state index contributed by atoms with van der Waals surface area (Å²) >= 11 is 0. The number of nitrogens with one attached hydrogen (secondary N) is 2. The maximum Gasteiger partial charge on any atom is 0.272 e. The van der Waals surface area contributed by atoms with Gasteiger partial charge >= 0.3 is 0 Å². The average Bonchev–Trinajstić information content (AvgIpc) is 2.87. The molecular formula is C13H16N4O2. The molecule has 0 saturated heterocycles. The molecule has 100 valence electrons. The van der Waals surface area contributed by atoms with Crippen LogP contribution >= 0.6 is 0 Å². The standard InChI is InChI=1S/C13H16N4O2/c1-3-17(2)11(18)8-14-13(19)12-9-6-4-5-7-10(9)15-16-12/h4-7H,3,8H2,1-2H3,(H,14,19)(H,15,16). The van der Waals surface area contributed by atoms with Gasteiger partial charge in [0, 0.05) is 19.0 Å². The highest BCUT2D eigenvalue weighted by atomic mass is 16.2. The third kappa shape index (κ3) is 2.73. The van der Waals surface area contributed by atoms with Crippen LogP contribution in [0.2, 0.25) is 0 Å². The minimum Gasteiger partial charge on any atom is -0.345 e. The molecule has 2 amide bonds. The zero-order chi connectivity index (χ0) is 13.8. The van der Waals surface area contributed by atoms with Gasteiger partial charge in [-0.25, -0.2) is 0 Å². The molecule has 0 aliphatic heterocycles. The first kappa shape index (κ1) is 13.1. The molecule has 19 heavy (non-hydrogen) atoms. The Balaban J connectivity index is 2.06. The Hall–Kier alpha value is -2.37. The molecule has 0 radical (unpaired) electrons. The number of likely N-dealkylation sites (N-methyl/N-ethyl adjacent to an activating group) is 1. The van der Waals surface area contributed by atoms with Crippen molar-refractivity contribution in [2.24, 2.45) is 0 Å². The van der Waals surface area contributed by atoms with Gasteiger partial charge < -0.3 is 10.2 Å². The van der Waals surface area contributed by atoms with Gasteiger partial charge in [0.1, 0.15) is 0 Å². The van der Waals surface area contributed by atoms with Crippen LogP contribution in [0.15, 0.2) is 24.3 Å². The molecule has 2 aromatic rings. The lowest BCUT2D eigenvalue weighted by molar-refractivity contribution is -0.128. The van der Waals surface area contributed by atoms with Gasteiger partial charge in [-0.1, -0.05) is 18.2 Å². The van der Waals surface area contributed by atoms with Gasteiger partial charge in [0.05, 0.1) is 12.1 Å². The van der Waals surface area contributed by atoms with E-state index in [0.717, 1.165) is 10.9 Å². The SMILES string of the molecule is CCN(C)C(=O)CNC(=O)c1n[nH]c2ccccc12. The molecule has 1 aromatic carbocycles. The Kier molecular flexibility index (Phi) is 3.79. The number of aromatic nitrogens is 2. The summed E-state index contributed by atoms with van der Waals surface area (Å²) in [6.07, 6.45) is 0. The number of carbonyl (C=O) groups excluding carboxylic acids is 2. The van der Waals surface area contributed by atoms with E-state index >= 15 is 0 Å². The summed E-state index contributed by atoms with van der Waals surface area (Å²) < 4.78 is 0. The smallest absolute Gasteiger partial charge is 0.272 e. The maximum absolute atomic E-state index is 12.0. The van der Waals surface area contributed by atoms with E-state index in [1.54, 1.807) is 11.9 Å². The fourth-order valence-electron chi connectivity index (χ4n) is 1.69. The van der Waals surface area contributed by atoms with Crippen molar-refractivity contribution in [2.75, 3.05) is 20.1 Å². The van der Waals surface area contributed by atoms with Crippen LogP contribution in [0.4, 0.5) is 0 Å². The Morgan fingerprint density at radius 2 is 2.11 bits per heavy atom. The zero-order valence-corrected chi connectivity index (χ0v) is 10.9. The van der Waals surface area contributed by atoms with Gasteiger partial charge in [-0.2, -0.15) is 5.10 Å². The number of H-pyrrole nitrogens is 1. The van der Waals surface area contributed by atoms with Crippen LogP contribution in [0.5, 0.6) is 0 Å². The molecule has 0 aliphatic rings. The molecule has 0 saturated carbocycles. The minimum atomic E-state index is -0.352. The van der Waals surface area contributed by atoms with Crippen molar-refractivity contribution in [1.29, 1.82) is 0 Å². The molecule has 2 rings (SSSR count). The van der Waals surface area contributed by atoms with Crippen molar-refractivity contribution in [1.82, 2.24) is 20.4 Å². The van der Waals surface area contributed by atoms with Crippen molar-refractivity contribution in [2.45, 2.75) is 6.92 Å². The van der Waals surface area contributed by atoms with Crippen molar-refractivity contribution in [3.05, 3.63) is 30.0 Å². The van der Waals surface area contributed by atoms with E-state index in [-0.39, 0.29) is 18.4 Å². The third-order valence-electron chi connectivity index (χ3n) is 2.99. The van der Waals surface area contributed by atoms with Crippen LogP contribution in [0.25, 0.3) is 10.9 Å². The Labute approximate surface area is 110 Å². The van der Waals surface area contributed by atoms with Gasteiger partial charge in [-0.05, 0) is 13.0 Å². The molecule has 0 unspecified atom stereocenters. The van der Waals surface area contributed by atoms with Crippen LogP contribution in [-0.4, -0.2) is 47.0 Å². The molecule has 6 nitrogen and oxygen atoms in total. The molecular weight excluding hydrogens is 244 g/mol. The summed E-state index contributed by atoms with van der Waals surface area (Å²) in [6, 6.07) is 7.36. The molecule has 0 fully saturated rings. The number of rotatable bonds is 4. The number of hydrogen-bond donors (Lipinski definition) is 2. The lowest BCUT2D eigenvalue weighted by Crippen LogP contribution is -2.38. The predicted octanol–water partition coefficient (Wildman–Crippen LogP) is 0.771. The first-order chi connectivity index (χ1) is 9.13. The summed E-state index contributed by atoms with van der Waals surface area (Å²) in [5.41, 5.74) is 1.10.